The SMILES string of the molecule is CO/N=C(\C(=O)N[C@@H]1C(=O)N2C(C(=O)O)=C(COc3ccc[n+]([O-])c3)CS[C@H]12)c1csc(NC(c2ccccc2)(c2ccccc2)c2ccccc2)n1. The molecule has 15 heteroatoms. The first kappa shape index (κ1) is 35.2. The van der Waals surface area contributed by atoms with Gasteiger partial charge in [-0.1, -0.05) is 96.2 Å². The first-order valence-electron chi connectivity index (χ1n) is 16.3. The summed E-state index contributed by atoms with van der Waals surface area (Å²) in [6.07, 6.45) is 2.51. The Hall–Kier alpha value is -6.19. The van der Waals surface area contributed by atoms with Gasteiger partial charge in [-0.05, 0) is 22.8 Å². The van der Waals surface area contributed by atoms with Crippen LogP contribution in [-0.4, -0.2) is 69.4 Å². The first-order chi connectivity index (χ1) is 25.8. The van der Waals surface area contributed by atoms with Gasteiger partial charge in [-0.3, -0.25) is 14.5 Å². The van der Waals surface area contributed by atoms with Crippen molar-refractivity contribution in [3.8, 4) is 5.75 Å². The number of carboxylic acids is 1. The van der Waals surface area contributed by atoms with Crippen LogP contribution in [0.1, 0.15) is 22.4 Å². The number of amides is 2. The van der Waals surface area contributed by atoms with Gasteiger partial charge in [0.15, 0.2) is 22.8 Å². The molecule has 0 spiro atoms. The van der Waals surface area contributed by atoms with Gasteiger partial charge in [0.25, 0.3) is 11.8 Å². The van der Waals surface area contributed by atoms with E-state index in [0.29, 0.717) is 15.4 Å². The van der Waals surface area contributed by atoms with Gasteiger partial charge in [0.05, 0.1) is 0 Å². The number of benzene rings is 3. The van der Waals surface area contributed by atoms with Crippen LogP contribution < -0.4 is 20.1 Å². The second kappa shape index (κ2) is 15.2. The summed E-state index contributed by atoms with van der Waals surface area (Å²) in [5.41, 5.74) is 2.25. The monoisotopic (exact) mass is 748 g/mol. The zero-order valence-electron chi connectivity index (χ0n) is 28.1. The van der Waals surface area contributed by atoms with E-state index in [1.807, 2.05) is 91.0 Å². The number of β-lactam (4-membered cyclic amide) rings is 1. The number of hydrogen-bond acceptors (Lipinski definition) is 11. The molecule has 0 aliphatic carbocycles. The van der Waals surface area contributed by atoms with Gasteiger partial charge < -0.3 is 30.5 Å². The summed E-state index contributed by atoms with van der Waals surface area (Å²) >= 11 is 2.56. The van der Waals surface area contributed by atoms with E-state index in [4.69, 9.17) is 14.6 Å². The second-order valence-corrected chi connectivity index (χ2v) is 13.9. The molecular formula is C38H32N6O7S2. The molecule has 3 N–H and O–H groups in total. The van der Waals surface area contributed by atoms with E-state index in [9.17, 15) is 24.7 Å². The molecule has 2 atom stereocenters. The molecule has 13 nitrogen and oxygen atoms in total. The lowest BCUT2D eigenvalue weighted by atomic mass is 9.77. The summed E-state index contributed by atoms with van der Waals surface area (Å²) < 4.78 is 6.22. The predicted molar refractivity (Wildman–Crippen MR) is 199 cm³/mol. The number of pyridine rings is 1. The van der Waals surface area contributed by atoms with Crippen molar-refractivity contribution in [3.05, 3.63) is 160 Å². The van der Waals surface area contributed by atoms with Crippen LogP contribution >= 0.6 is 23.1 Å². The number of aromatic nitrogens is 2. The van der Waals surface area contributed by atoms with Crippen LogP contribution in [0.2, 0.25) is 0 Å². The highest BCUT2D eigenvalue weighted by molar-refractivity contribution is 8.00. The van der Waals surface area contributed by atoms with Crippen molar-refractivity contribution in [2.75, 3.05) is 24.8 Å². The summed E-state index contributed by atoms with van der Waals surface area (Å²) in [4.78, 5) is 50.5. The predicted octanol–water partition coefficient (Wildman–Crippen LogP) is 4.35. The number of nitrogens with zero attached hydrogens (tertiary/aromatic N) is 4. The number of carboxylic acid groups (broad SMARTS) is 1. The summed E-state index contributed by atoms with van der Waals surface area (Å²) in [7, 11) is 1.30. The largest absolute Gasteiger partial charge is 0.619 e. The minimum absolute atomic E-state index is 0.142. The van der Waals surface area contributed by atoms with Crippen LogP contribution in [0, 0.1) is 5.21 Å². The number of thioether (sulfide) groups is 1. The zero-order valence-corrected chi connectivity index (χ0v) is 29.8. The van der Waals surface area contributed by atoms with E-state index in [1.54, 1.807) is 11.4 Å². The standard InChI is InChI=1S/C38H32N6O7S2/c1-50-42-30(33(45)40-31-34(46)44-32(36(47)48)24(22-52-35(31)44)21-51-28-18-11-19-43(49)20-28)29-23-53-37(39-29)41-38(25-12-5-2-6-13-25,26-14-7-3-8-15-26)27-16-9-4-10-17-27/h2-20,23,31,35H,21-22H2,1H3,(H,39,41)(H,40,45)(H,47,48)/b42-30-/t31-,35-/m1/s1. The van der Waals surface area contributed by atoms with Gasteiger partial charge in [0.1, 0.15) is 42.1 Å². The van der Waals surface area contributed by atoms with Crippen molar-refractivity contribution in [3.63, 3.8) is 0 Å². The fraction of sp³-hybridized carbons (Fsp3) is 0.158. The average Bonchev–Trinajstić information content (AvgIpc) is 3.65. The van der Waals surface area contributed by atoms with Crippen molar-refractivity contribution >= 4 is 51.7 Å². The van der Waals surface area contributed by atoms with Gasteiger partial charge in [-0.15, -0.1) is 23.1 Å². The number of fused-ring (bicyclic) bond motifs is 1. The van der Waals surface area contributed by atoms with E-state index in [0.717, 1.165) is 21.6 Å². The first-order valence-corrected chi connectivity index (χ1v) is 18.3. The average molecular weight is 749 g/mol. The molecule has 1 fully saturated rings. The summed E-state index contributed by atoms with van der Waals surface area (Å²) in [5, 5.41) is 33.5. The molecule has 1 saturated heterocycles. The molecule has 268 valence electrons. The van der Waals surface area contributed by atoms with Gasteiger partial charge in [-0.25, -0.2) is 9.78 Å². The molecule has 7 rings (SSSR count). The van der Waals surface area contributed by atoms with Crippen LogP contribution in [-0.2, 0) is 24.8 Å². The van der Waals surface area contributed by atoms with Crippen molar-refractivity contribution in [2.24, 2.45) is 5.16 Å². The smallest absolute Gasteiger partial charge is 0.352 e. The van der Waals surface area contributed by atoms with E-state index >= 15 is 0 Å². The molecule has 0 radical (unpaired) electrons. The van der Waals surface area contributed by atoms with E-state index in [2.05, 4.69) is 15.8 Å². The third kappa shape index (κ3) is 6.91. The lowest BCUT2D eigenvalue weighted by molar-refractivity contribution is -0.605. The number of hydrogen-bond donors (Lipinski definition) is 3. The van der Waals surface area contributed by atoms with Gasteiger partial charge >= 0.3 is 5.97 Å². The highest BCUT2D eigenvalue weighted by Gasteiger charge is 2.54. The number of nitrogens with one attached hydrogen (secondary N) is 2. The summed E-state index contributed by atoms with van der Waals surface area (Å²) in [5.74, 6) is -2.14. The molecule has 3 aromatic carbocycles. The van der Waals surface area contributed by atoms with Gasteiger partial charge in [0, 0.05) is 22.8 Å². The summed E-state index contributed by atoms with van der Waals surface area (Å²) in [6, 6.07) is 32.0. The van der Waals surface area contributed by atoms with Gasteiger partial charge in [-0.2, -0.15) is 4.73 Å². The highest BCUT2D eigenvalue weighted by Crippen LogP contribution is 2.42. The van der Waals surface area contributed by atoms with Crippen molar-refractivity contribution in [2.45, 2.75) is 17.0 Å². The van der Waals surface area contributed by atoms with Crippen molar-refractivity contribution in [1.29, 1.82) is 0 Å². The van der Waals surface area contributed by atoms with Crippen LogP contribution in [0.4, 0.5) is 5.13 Å². The molecule has 2 aliphatic heterocycles. The Morgan fingerprint density at radius 1 is 1.00 bits per heavy atom. The molecule has 0 unspecified atom stereocenters. The zero-order chi connectivity index (χ0) is 37.0. The second-order valence-electron chi connectivity index (χ2n) is 11.9. The maximum atomic E-state index is 13.7. The Bertz CT molecular complexity index is 2100. The Labute approximate surface area is 312 Å². The molecule has 2 amide bonds. The van der Waals surface area contributed by atoms with E-state index < -0.39 is 34.7 Å². The molecule has 0 bridgehead atoms. The molecular weight excluding hydrogens is 717 g/mol. The number of carbonyl (C=O) groups excluding carboxylic acids is 2. The van der Waals surface area contributed by atoms with Gasteiger partial charge in [0.2, 0.25) is 6.20 Å². The third-order valence-corrected chi connectivity index (χ3v) is 10.9. The Morgan fingerprint density at radius 3 is 2.19 bits per heavy atom. The number of oxime groups is 1. The minimum atomic E-state index is -1.30. The lowest BCUT2D eigenvalue weighted by Gasteiger charge is -2.49. The molecule has 5 aromatic rings. The number of rotatable bonds is 13. The molecule has 53 heavy (non-hydrogen) atoms. The molecule has 4 heterocycles. The maximum absolute atomic E-state index is 13.7. The maximum Gasteiger partial charge on any atom is 0.352 e. The number of thiazole rings is 1. The number of carbonyl (C=O) groups is 3. The normalized spacial score (nSPS) is 17.0. The Morgan fingerprint density at radius 2 is 1.62 bits per heavy atom. The third-order valence-electron chi connectivity index (χ3n) is 8.76. The topological polar surface area (TPSA) is 169 Å². The van der Waals surface area contributed by atoms with E-state index in [-0.39, 0.29) is 35.2 Å². The number of aliphatic carboxylic acids is 1. The number of anilines is 1. The van der Waals surface area contributed by atoms with Crippen molar-refractivity contribution in [1.82, 2.24) is 15.2 Å². The fourth-order valence-electron chi connectivity index (χ4n) is 6.37. The molecule has 2 aromatic heterocycles. The van der Waals surface area contributed by atoms with E-state index in [1.165, 1.54) is 48.7 Å². The highest BCUT2D eigenvalue weighted by atomic mass is 32.2. The molecule has 2 aliphatic rings. The van der Waals surface area contributed by atoms with Crippen LogP contribution in [0.3, 0.4) is 0 Å². The minimum Gasteiger partial charge on any atom is -0.619 e. The Kier molecular flexibility index (Phi) is 10.1. The fourth-order valence-corrected chi connectivity index (χ4v) is 8.45. The number of ether oxygens (including phenoxy) is 1. The van der Waals surface area contributed by atoms with Crippen LogP contribution in [0.15, 0.2) is 137 Å². The molecule has 0 saturated carbocycles. The van der Waals surface area contributed by atoms with Crippen LogP contribution in [0.25, 0.3) is 0 Å². The lowest BCUT2D eigenvalue weighted by Crippen LogP contribution is -2.71. The van der Waals surface area contributed by atoms with Crippen molar-refractivity contribution < 1.29 is 33.8 Å². The quantitative estimate of drug-likeness (QED) is 0.0393. The summed E-state index contributed by atoms with van der Waals surface area (Å²) in [6.45, 7) is -0.142. The van der Waals surface area contributed by atoms with Crippen LogP contribution in [0.5, 0.6) is 5.75 Å². The Balaban J connectivity index is 1.12.